The highest BCUT2D eigenvalue weighted by Gasteiger charge is 2.23. The summed E-state index contributed by atoms with van der Waals surface area (Å²) >= 11 is 1.57. The molecule has 2 heterocycles. The number of nitrogens with one attached hydrogen (secondary N) is 1. The van der Waals surface area contributed by atoms with Crippen LogP contribution in [0.25, 0.3) is 11.0 Å². The maximum absolute atomic E-state index is 12.4. The fourth-order valence-electron chi connectivity index (χ4n) is 3.49. The molecule has 4 rings (SSSR count). The Morgan fingerprint density at radius 1 is 1.29 bits per heavy atom. The molecule has 0 bridgehead atoms. The molecule has 1 amide bonds. The second kappa shape index (κ2) is 6.36. The van der Waals surface area contributed by atoms with Gasteiger partial charge in [0.15, 0.2) is 0 Å². The van der Waals surface area contributed by atoms with Gasteiger partial charge in [0.2, 0.25) is 11.9 Å². The van der Waals surface area contributed by atoms with Crippen LogP contribution in [0.1, 0.15) is 42.4 Å². The lowest BCUT2D eigenvalue weighted by atomic mass is 10.2. The number of aryl methyl sites for hydroxylation is 1. The summed E-state index contributed by atoms with van der Waals surface area (Å²) in [5, 5.41) is 5.93. The van der Waals surface area contributed by atoms with Crippen molar-refractivity contribution < 1.29 is 4.79 Å². The van der Waals surface area contributed by atoms with Crippen LogP contribution in [-0.4, -0.2) is 20.4 Å². The summed E-state index contributed by atoms with van der Waals surface area (Å²) in [6.45, 7) is 1.95. The van der Waals surface area contributed by atoms with Gasteiger partial charge in [0.1, 0.15) is 0 Å². The summed E-state index contributed by atoms with van der Waals surface area (Å²) in [6.07, 6.45) is 5.06. The van der Waals surface area contributed by atoms with Gasteiger partial charge in [-0.1, -0.05) is 25.0 Å². The van der Waals surface area contributed by atoms with Crippen molar-refractivity contribution >= 4 is 34.2 Å². The van der Waals surface area contributed by atoms with Crippen molar-refractivity contribution in [2.75, 3.05) is 5.32 Å². The second-order valence-corrected chi connectivity index (χ2v) is 7.38. The molecule has 1 aromatic carbocycles. The van der Waals surface area contributed by atoms with Gasteiger partial charge in [0.05, 0.1) is 28.2 Å². The molecule has 3 aromatic rings. The Hall–Kier alpha value is -2.21. The summed E-state index contributed by atoms with van der Waals surface area (Å²) < 4.78 is 2.21. The van der Waals surface area contributed by atoms with Crippen molar-refractivity contribution in [3.8, 4) is 0 Å². The smallest absolute Gasteiger partial charge is 0.232 e. The van der Waals surface area contributed by atoms with Gasteiger partial charge in [-0.2, -0.15) is 0 Å². The van der Waals surface area contributed by atoms with Gasteiger partial charge >= 0.3 is 0 Å². The van der Waals surface area contributed by atoms with E-state index in [4.69, 9.17) is 0 Å². The third kappa shape index (κ3) is 2.94. The maximum atomic E-state index is 12.4. The van der Waals surface area contributed by atoms with E-state index in [0.717, 1.165) is 34.6 Å². The van der Waals surface area contributed by atoms with Gasteiger partial charge in [0, 0.05) is 11.4 Å². The first-order valence-corrected chi connectivity index (χ1v) is 9.26. The van der Waals surface area contributed by atoms with Crippen LogP contribution in [-0.2, 0) is 11.2 Å². The van der Waals surface area contributed by atoms with Crippen molar-refractivity contribution in [1.29, 1.82) is 0 Å². The van der Waals surface area contributed by atoms with E-state index in [9.17, 15) is 4.79 Å². The van der Waals surface area contributed by atoms with E-state index < -0.39 is 0 Å². The van der Waals surface area contributed by atoms with Gasteiger partial charge in [0.25, 0.3) is 0 Å². The van der Waals surface area contributed by atoms with E-state index in [1.54, 1.807) is 11.3 Å². The first kappa shape index (κ1) is 15.3. The molecule has 24 heavy (non-hydrogen) atoms. The number of carbonyl (C=O) groups is 1. The van der Waals surface area contributed by atoms with E-state index in [1.807, 2.05) is 30.5 Å². The van der Waals surface area contributed by atoms with Gasteiger partial charge in [-0.25, -0.2) is 9.97 Å². The van der Waals surface area contributed by atoms with E-state index in [0.29, 0.717) is 12.0 Å². The Bertz CT molecular complexity index is 876. The quantitative estimate of drug-likeness (QED) is 0.778. The maximum Gasteiger partial charge on any atom is 0.232 e. The van der Waals surface area contributed by atoms with Crippen LogP contribution in [0.4, 0.5) is 5.95 Å². The second-order valence-electron chi connectivity index (χ2n) is 6.32. The molecule has 1 aliphatic rings. The van der Waals surface area contributed by atoms with E-state index in [2.05, 4.69) is 25.9 Å². The van der Waals surface area contributed by atoms with Crippen LogP contribution in [0.15, 0.2) is 29.6 Å². The van der Waals surface area contributed by atoms with Crippen molar-refractivity contribution in [1.82, 2.24) is 14.5 Å². The number of para-hydroxylation sites is 2. The minimum absolute atomic E-state index is 0.0603. The van der Waals surface area contributed by atoms with Crippen molar-refractivity contribution in [2.45, 2.75) is 45.1 Å². The van der Waals surface area contributed by atoms with Crippen LogP contribution in [0.2, 0.25) is 0 Å². The molecular weight excluding hydrogens is 320 g/mol. The van der Waals surface area contributed by atoms with Gasteiger partial charge in [-0.3, -0.25) is 10.1 Å². The molecule has 0 atom stereocenters. The highest BCUT2D eigenvalue weighted by atomic mass is 32.1. The molecule has 0 saturated heterocycles. The van der Waals surface area contributed by atoms with Crippen molar-refractivity contribution in [2.24, 2.45) is 0 Å². The number of aromatic nitrogens is 3. The predicted octanol–water partition coefficient (Wildman–Crippen LogP) is 4.10. The Labute approximate surface area is 144 Å². The summed E-state index contributed by atoms with van der Waals surface area (Å²) in [6, 6.07) is 8.52. The Morgan fingerprint density at radius 2 is 2.08 bits per heavy atom. The number of nitrogens with zero attached hydrogens (tertiary/aromatic N) is 3. The number of thiazole rings is 1. The third-order valence-electron chi connectivity index (χ3n) is 4.55. The number of benzene rings is 1. The average Bonchev–Trinajstić information content (AvgIpc) is 3.26. The zero-order valence-corrected chi connectivity index (χ0v) is 14.5. The fraction of sp³-hybridized carbons (Fsp3) is 0.389. The highest BCUT2D eigenvalue weighted by molar-refractivity contribution is 7.09. The van der Waals surface area contributed by atoms with Crippen molar-refractivity contribution in [3.05, 3.63) is 40.3 Å². The number of carbonyl (C=O) groups excluding carboxylic acids is 1. The number of anilines is 1. The van der Waals surface area contributed by atoms with Crippen LogP contribution < -0.4 is 5.32 Å². The molecule has 0 aliphatic heterocycles. The van der Waals surface area contributed by atoms with Crippen LogP contribution in [0.3, 0.4) is 0 Å². The number of fused-ring (bicyclic) bond motifs is 1. The fourth-order valence-corrected chi connectivity index (χ4v) is 4.10. The lowest BCUT2D eigenvalue weighted by Gasteiger charge is -2.16. The predicted molar refractivity (Wildman–Crippen MR) is 96.4 cm³/mol. The Balaban J connectivity index is 1.63. The summed E-state index contributed by atoms with van der Waals surface area (Å²) in [5.41, 5.74) is 2.85. The molecule has 1 aliphatic carbocycles. The largest absolute Gasteiger partial charge is 0.307 e. The summed E-state index contributed by atoms with van der Waals surface area (Å²) in [5.74, 6) is 0.606. The monoisotopic (exact) mass is 340 g/mol. The summed E-state index contributed by atoms with van der Waals surface area (Å²) in [7, 11) is 0. The molecule has 124 valence electrons. The van der Waals surface area contributed by atoms with Gasteiger partial charge in [-0.15, -0.1) is 11.3 Å². The lowest BCUT2D eigenvalue weighted by Crippen LogP contribution is -2.19. The minimum atomic E-state index is -0.0603. The molecule has 1 fully saturated rings. The number of imidazole rings is 1. The molecule has 0 radical (unpaired) electrons. The number of amides is 1. The zero-order chi connectivity index (χ0) is 16.5. The molecule has 0 spiro atoms. The van der Waals surface area contributed by atoms with Gasteiger partial charge in [-0.05, 0) is 31.9 Å². The molecular formula is C18H20N4OS. The number of hydrogen-bond donors (Lipinski definition) is 1. The zero-order valence-electron chi connectivity index (χ0n) is 13.7. The van der Waals surface area contributed by atoms with E-state index >= 15 is 0 Å². The molecule has 1 saturated carbocycles. The Kier molecular flexibility index (Phi) is 4.06. The lowest BCUT2D eigenvalue weighted by molar-refractivity contribution is -0.115. The molecule has 0 unspecified atom stereocenters. The molecule has 2 aromatic heterocycles. The van der Waals surface area contributed by atoms with Crippen LogP contribution in [0.5, 0.6) is 0 Å². The number of rotatable bonds is 4. The Morgan fingerprint density at radius 3 is 2.83 bits per heavy atom. The first-order chi connectivity index (χ1) is 11.7. The topological polar surface area (TPSA) is 59.8 Å². The van der Waals surface area contributed by atoms with E-state index in [-0.39, 0.29) is 12.3 Å². The highest BCUT2D eigenvalue weighted by Crippen LogP contribution is 2.35. The first-order valence-electron chi connectivity index (χ1n) is 8.38. The number of hydrogen-bond acceptors (Lipinski definition) is 4. The van der Waals surface area contributed by atoms with Gasteiger partial charge < -0.3 is 4.57 Å². The normalized spacial score (nSPS) is 15.2. The SMILES string of the molecule is Cc1nc(CC(=O)Nc2nc3ccccc3n2C2CCCC2)cs1. The molecule has 5 nitrogen and oxygen atoms in total. The molecule has 6 heteroatoms. The van der Waals surface area contributed by atoms with Crippen LogP contribution in [0, 0.1) is 6.92 Å². The standard InChI is InChI=1S/C18H20N4OS/c1-12-19-13(11-24-12)10-17(23)21-18-20-15-8-4-5-9-16(15)22(18)14-6-2-3-7-14/h4-5,8-9,11,14H,2-3,6-7,10H2,1H3,(H,20,21,23). The van der Waals surface area contributed by atoms with E-state index in [1.165, 1.54) is 12.8 Å². The van der Waals surface area contributed by atoms with Crippen molar-refractivity contribution in [3.63, 3.8) is 0 Å². The minimum Gasteiger partial charge on any atom is -0.307 e. The molecule has 1 N–H and O–H groups in total. The summed E-state index contributed by atoms with van der Waals surface area (Å²) in [4.78, 5) is 21.5. The third-order valence-corrected chi connectivity index (χ3v) is 5.37. The van der Waals surface area contributed by atoms with Crippen LogP contribution >= 0.6 is 11.3 Å². The average molecular weight is 340 g/mol.